The van der Waals surface area contributed by atoms with Gasteiger partial charge in [0.15, 0.2) is 6.35 Å². The topological polar surface area (TPSA) is 128 Å². The molecule has 0 amide bonds. The van der Waals surface area contributed by atoms with Crippen molar-refractivity contribution in [3.05, 3.63) is 54.1 Å². The van der Waals surface area contributed by atoms with Gasteiger partial charge in [-0.2, -0.15) is 0 Å². The first kappa shape index (κ1) is 21.2. The van der Waals surface area contributed by atoms with E-state index in [0.717, 1.165) is 12.0 Å². The normalized spacial score (nSPS) is 12.6. The van der Waals surface area contributed by atoms with Crippen LogP contribution < -0.4 is 14.8 Å². The van der Waals surface area contributed by atoms with Crippen molar-refractivity contribution < 1.29 is 34.0 Å². The molecule has 0 aliphatic carbocycles. The number of aromatic hydroxyl groups is 1. The van der Waals surface area contributed by atoms with E-state index in [2.05, 4.69) is 5.32 Å². The van der Waals surface area contributed by atoms with Gasteiger partial charge in [0.25, 0.3) is 0 Å². The Balaban J connectivity index is 1.61. The standard InChI is InChI=1S/C18H24NO7P/c20-15-3-7-17(8-4-15)25-12-16(21)11-19-10-9-14-1-5-18(6-2-14)26-13-27(22,23)24/h1-8,16,19-21H,9-13H2,(H2,22,23,24). The third kappa shape index (κ3) is 8.90. The van der Waals surface area contributed by atoms with Crippen molar-refractivity contribution in [3.63, 3.8) is 0 Å². The lowest BCUT2D eigenvalue weighted by Crippen LogP contribution is -2.32. The van der Waals surface area contributed by atoms with Gasteiger partial charge in [0.2, 0.25) is 0 Å². The lowest BCUT2D eigenvalue weighted by molar-refractivity contribution is 0.106. The summed E-state index contributed by atoms with van der Waals surface area (Å²) in [5.74, 6) is 1.13. The monoisotopic (exact) mass is 397 g/mol. The first-order valence-corrected chi connectivity index (χ1v) is 10.2. The molecule has 2 aromatic rings. The number of benzene rings is 2. The van der Waals surface area contributed by atoms with Crippen LogP contribution in [0.2, 0.25) is 0 Å². The van der Waals surface area contributed by atoms with E-state index in [1.54, 1.807) is 24.3 Å². The lowest BCUT2D eigenvalue weighted by Gasteiger charge is -2.13. The average molecular weight is 397 g/mol. The number of hydrogen-bond donors (Lipinski definition) is 5. The molecule has 0 saturated heterocycles. The molecule has 0 aliphatic rings. The SMILES string of the molecule is O=P(O)(O)COc1ccc(CCNCC(O)COc2ccc(O)cc2)cc1. The third-order valence-corrected chi connectivity index (χ3v) is 4.04. The molecule has 2 rings (SSSR count). The number of hydrogen-bond acceptors (Lipinski definition) is 6. The van der Waals surface area contributed by atoms with Crippen LogP contribution in [-0.2, 0) is 11.0 Å². The molecule has 0 heterocycles. The predicted octanol–water partition coefficient (Wildman–Crippen LogP) is 1.48. The van der Waals surface area contributed by atoms with Crippen LogP contribution >= 0.6 is 7.60 Å². The number of nitrogens with one attached hydrogen (secondary N) is 1. The van der Waals surface area contributed by atoms with Crippen LogP contribution in [-0.4, -0.2) is 52.1 Å². The molecule has 8 nitrogen and oxygen atoms in total. The molecule has 0 radical (unpaired) electrons. The van der Waals surface area contributed by atoms with Crippen molar-refractivity contribution in [2.24, 2.45) is 0 Å². The van der Waals surface area contributed by atoms with E-state index < -0.39 is 20.0 Å². The summed E-state index contributed by atoms with van der Waals surface area (Å²) in [7, 11) is -4.18. The van der Waals surface area contributed by atoms with Crippen LogP contribution in [0.4, 0.5) is 0 Å². The van der Waals surface area contributed by atoms with E-state index in [1.807, 2.05) is 12.1 Å². The molecule has 1 atom stereocenters. The second-order valence-electron chi connectivity index (χ2n) is 5.99. The fourth-order valence-corrected chi connectivity index (χ4v) is 2.52. The van der Waals surface area contributed by atoms with Crippen LogP contribution in [0.15, 0.2) is 48.5 Å². The third-order valence-electron chi connectivity index (χ3n) is 3.57. The Kier molecular flexibility index (Phi) is 8.09. The molecule has 1 unspecified atom stereocenters. The maximum atomic E-state index is 10.8. The quantitative estimate of drug-likeness (QED) is 0.285. The minimum atomic E-state index is -4.18. The predicted molar refractivity (Wildman–Crippen MR) is 100 cm³/mol. The zero-order valence-electron chi connectivity index (χ0n) is 14.7. The van der Waals surface area contributed by atoms with Crippen molar-refractivity contribution in [2.75, 3.05) is 26.0 Å². The molecule has 0 saturated carbocycles. The highest BCUT2D eigenvalue weighted by molar-refractivity contribution is 7.51. The summed E-state index contributed by atoms with van der Waals surface area (Å²) < 4.78 is 21.2. The molecular formula is C18H24NO7P. The Hall–Kier alpha value is -2.09. The second-order valence-corrected chi connectivity index (χ2v) is 7.58. The molecule has 0 fully saturated rings. The fourth-order valence-electron chi connectivity index (χ4n) is 2.21. The number of phenolic OH excluding ortho intramolecular Hbond substituents is 1. The molecule has 0 bridgehead atoms. The minimum Gasteiger partial charge on any atom is -0.508 e. The summed E-state index contributed by atoms with van der Waals surface area (Å²) in [4.78, 5) is 17.5. The Morgan fingerprint density at radius 2 is 1.56 bits per heavy atom. The van der Waals surface area contributed by atoms with E-state index in [4.69, 9.17) is 19.3 Å². The highest BCUT2D eigenvalue weighted by Crippen LogP contribution is 2.34. The summed E-state index contributed by atoms with van der Waals surface area (Å²) in [5, 5.41) is 22.2. The number of rotatable bonds is 11. The van der Waals surface area contributed by atoms with E-state index in [-0.39, 0.29) is 12.4 Å². The van der Waals surface area contributed by atoms with Gasteiger partial charge in [-0.3, -0.25) is 4.57 Å². The first-order chi connectivity index (χ1) is 12.8. The minimum absolute atomic E-state index is 0.142. The van der Waals surface area contributed by atoms with Gasteiger partial charge in [-0.15, -0.1) is 0 Å². The van der Waals surface area contributed by atoms with Crippen LogP contribution in [0.5, 0.6) is 17.2 Å². The molecule has 0 spiro atoms. The molecule has 9 heteroatoms. The van der Waals surface area contributed by atoms with Gasteiger partial charge in [-0.1, -0.05) is 12.1 Å². The van der Waals surface area contributed by atoms with Crippen LogP contribution in [0, 0.1) is 0 Å². The Morgan fingerprint density at radius 1 is 0.963 bits per heavy atom. The highest BCUT2D eigenvalue weighted by Gasteiger charge is 2.13. The van der Waals surface area contributed by atoms with Crippen molar-refractivity contribution in [1.82, 2.24) is 5.32 Å². The van der Waals surface area contributed by atoms with E-state index in [1.165, 1.54) is 12.1 Å². The summed E-state index contributed by atoms with van der Waals surface area (Å²) in [6.07, 6.45) is -0.579. The van der Waals surface area contributed by atoms with Crippen molar-refractivity contribution >= 4 is 7.60 Å². The maximum absolute atomic E-state index is 10.8. The number of phenols is 1. The summed E-state index contributed by atoms with van der Waals surface area (Å²) in [6, 6.07) is 13.2. The summed E-state index contributed by atoms with van der Waals surface area (Å²) >= 11 is 0. The smallest absolute Gasteiger partial charge is 0.362 e. The van der Waals surface area contributed by atoms with Crippen molar-refractivity contribution in [1.29, 1.82) is 0 Å². The Labute approximate surface area is 157 Å². The summed E-state index contributed by atoms with van der Waals surface area (Å²) in [5.41, 5.74) is 1.03. The fraction of sp³-hybridized carbons (Fsp3) is 0.333. The Morgan fingerprint density at radius 3 is 2.19 bits per heavy atom. The lowest BCUT2D eigenvalue weighted by atomic mass is 10.1. The molecular weight excluding hydrogens is 373 g/mol. The zero-order chi connectivity index (χ0) is 19.7. The maximum Gasteiger partial charge on any atom is 0.362 e. The number of aliphatic hydroxyl groups excluding tert-OH is 1. The van der Waals surface area contributed by atoms with Crippen LogP contribution in [0.25, 0.3) is 0 Å². The molecule has 5 N–H and O–H groups in total. The van der Waals surface area contributed by atoms with Crippen molar-refractivity contribution in [2.45, 2.75) is 12.5 Å². The van der Waals surface area contributed by atoms with Gasteiger partial charge in [0, 0.05) is 6.54 Å². The van der Waals surface area contributed by atoms with Crippen LogP contribution in [0.3, 0.4) is 0 Å². The number of ether oxygens (including phenoxy) is 2. The first-order valence-electron chi connectivity index (χ1n) is 8.39. The molecule has 2 aromatic carbocycles. The Bertz CT molecular complexity index is 730. The second kappa shape index (κ2) is 10.3. The highest BCUT2D eigenvalue weighted by atomic mass is 31.2. The van der Waals surface area contributed by atoms with E-state index >= 15 is 0 Å². The largest absolute Gasteiger partial charge is 0.508 e. The summed E-state index contributed by atoms with van der Waals surface area (Å²) in [6.45, 7) is 1.17. The van der Waals surface area contributed by atoms with E-state index in [0.29, 0.717) is 24.6 Å². The van der Waals surface area contributed by atoms with Gasteiger partial charge in [-0.05, 0) is 54.9 Å². The van der Waals surface area contributed by atoms with Crippen LogP contribution in [0.1, 0.15) is 5.56 Å². The van der Waals surface area contributed by atoms with Gasteiger partial charge in [0.05, 0.1) is 0 Å². The average Bonchev–Trinajstić information content (AvgIpc) is 2.63. The molecule has 0 aliphatic heterocycles. The number of aliphatic hydroxyl groups is 1. The molecule has 148 valence electrons. The van der Waals surface area contributed by atoms with Gasteiger partial charge >= 0.3 is 7.60 Å². The molecule has 27 heavy (non-hydrogen) atoms. The zero-order valence-corrected chi connectivity index (χ0v) is 15.6. The van der Waals surface area contributed by atoms with Gasteiger partial charge < -0.3 is 34.8 Å². The van der Waals surface area contributed by atoms with Crippen molar-refractivity contribution in [3.8, 4) is 17.2 Å². The van der Waals surface area contributed by atoms with Gasteiger partial charge in [-0.25, -0.2) is 0 Å². The van der Waals surface area contributed by atoms with E-state index in [9.17, 15) is 14.8 Å². The molecule has 0 aromatic heterocycles. The van der Waals surface area contributed by atoms with Gasteiger partial charge in [0.1, 0.15) is 30.0 Å².